The maximum atomic E-state index is 13.1. The summed E-state index contributed by atoms with van der Waals surface area (Å²) in [6, 6.07) is 28.7. The van der Waals surface area contributed by atoms with Gasteiger partial charge < -0.3 is 14.4 Å². The lowest BCUT2D eigenvalue weighted by Crippen LogP contribution is -2.52. The summed E-state index contributed by atoms with van der Waals surface area (Å²) in [5.41, 5.74) is 2.54. The van der Waals surface area contributed by atoms with Crippen LogP contribution in [0.5, 0.6) is 11.5 Å². The van der Waals surface area contributed by atoms with Crippen molar-refractivity contribution in [2.75, 3.05) is 33.3 Å². The van der Waals surface area contributed by atoms with Crippen molar-refractivity contribution in [1.29, 1.82) is 0 Å². The van der Waals surface area contributed by atoms with Gasteiger partial charge in [0.05, 0.1) is 13.2 Å². The zero-order chi connectivity index (χ0) is 22.3. The van der Waals surface area contributed by atoms with E-state index in [1.165, 1.54) is 11.1 Å². The molecule has 0 bridgehead atoms. The third-order valence-corrected chi connectivity index (χ3v) is 5.94. The average Bonchev–Trinajstić information content (AvgIpc) is 2.86. The summed E-state index contributed by atoms with van der Waals surface area (Å²) in [7, 11) is 1.60. The largest absolute Gasteiger partial charge is 0.493 e. The fourth-order valence-electron chi connectivity index (χ4n) is 4.30. The van der Waals surface area contributed by atoms with Gasteiger partial charge >= 0.3 is 0 Å². The molecule has 1 amide bonds. The van der Waals surface area contributed by atoms with Crippen LogP contribution in [0, 0.1) is 0 Å². The van der Waals surface area contributed by atoms with Gasteiger partial charge in [-0.1, -0.05) is 72.8 Å². The van der Waals surface area contributed by atoms with Crippen LogP contribution < -0.4 is 9.47 Å². The summed E-state index contributed by atoms with van der Waals surface area (Å²) in [5, 5.41) is 0. The molecule has 166 valence electrons. The number of methoxy groups -OCH3 is 1. The molecular formula is C27H30N2O3. The summed E-state index contributed by atoms with van der Waals surface area (Å²) >= 11 is 0. The summed E-state index contributed by atoms with van der Waals surface area (Å²) in [4.78, 5) is 17.4. The second-order valence-electron chi connectivity index (χ2n) is 8.00. The minimum Gasteiger partial charge on any atom is -0.493 e. The Kier molecular flexibility index (Phi) is 7.07. The summed E-state index contributed by atoms with van der Waals surface area (Å²) < 4.78 is 11.3. The monoisotopic (exact) mass is 430 g/mol. The molecule has 1 saturated heterocycles. The van der Waals surface area contributed by atoms with E-state index in [1.54, 1.807) is 14.0 Å². The summed E-state index contributed by atoms with van der Waals surface area (Å²) in [6.07, 6.45) is -0.572. The van der Waals surface area contributed by atoms with E-state index in [2.05, 4.69) is 53.4 Å². The van der Waals surface area contributed by atoms with Gasteiger partial charge in [-0.3, -0.25) is 9.69 Å². The number of carbonyl (C=O) groups excluding carboxylic acids is 1. The Labute approximate surface area is 190 Å². The van der Waals surface area contributed by atoms with Crippen LogP contribution >= 0.6 is 0 Å². The van der Waals surface area contributed by atoms with Gasteiger partial charge in [-0.05, 0) is 30.2 Å². The van der Waals surface area contributed by atoms with E-state index < -0.39 is 6.10 Å². The Morgan fingerprint density at radius 1 is 0.750 bits per heavy atom. The third-order valence-electron chi connectivity index (χ3n) is 5.94. The minimum atomic E-state index is -0.572. The molecular weight excluding hydrogens is 400 g/mol. The van der Waals surface area contributed by atoms with Crippen LogP contribution in [0.1, 0.15) is 24.1 Å². The molecule has 0 saturated carbocycles. The normalized spacial score (nSPS) is 15.4. The molecule has 0 unspecified atom stereocenters. The predicted molar refractivity (Wildman–Crippen MR) is 126 cm³/mol. The smallest absolute Gasteiger partial charge is 0.263 e. The number of piperazine rings is 1. The van der Waals surface area contributed by atoms with Crippen LogP contribution in [0.2, 0.25) is 0 Å². The first-order chi connectivity index (χ1) is 15.7. The molecule has 1 heterocycles. The molecule has 1 atom stereocenters. The van der Waals surface area contributed by atoms with Gasteiger partial charge in [0.1, 0.15) is 0 Å². The molecule has 0 aromatic heterocycles. The molecule has 32 heavy (non-hydrogen) atoms. The number of hydrogen-bond donors (Lipinski definition) is 0. The van der Waals surface area contributed by atoms with Crippen molar-refractivity contribution in [3.05, 3.63) is 96.1 Å². The zero-order valence-electron chi connectivity index (χ0n) is 18.7. The molecule has 3 aromatic rings. The Balaban J connectivity index is 1.42. The molecule has 1 fully saturated rings. The first kappa shape index (κ1) is 21.9. The van der Waals surface area contributed by atoms with Gasteiger partial charge in [-0.25, -0.2) is 0 Å². The number of ether oxygens (including phenoxy) is 2. The minimum absolute atomic E-state index is 0.00604. The second-order valence-corrected chi connectivity index (χ2v) is 8.00. The van der Waals surface area contributed by atoms with Gasteiger partial charge in [0.2, 0.25) is 0 Å². The molecule has 0 spiro atoms. The first-order valence-electron chi connectivity index (χ1n) is 11.1. The Morgan fingerprint density at radius 3 is 1.78 bits per heavy atom. The van der Waals surface area contributed by atoms with Crippen LogP contribution in [0.3, 0.4) is 0 Å². The Hall–Kier alpha value is -3.31. The van der Waals surface area contributed by atoms with Crippen molar-refractivity contribution in [3.63, 3.8) is 0 Å². The van der Waals surface area contributed by atoms with Crippen molar-refractivity contribution in [2.45, 2.75) is 19.1 Å². The highest BCUT2D eigenvalue weighted by molar-refractivity contribution is 5.81. The number of para-hydroxylation sites is 2. The second kappa shape index (κ2) is 10.3. The lowest BCUT2D eigenvalue weighted by Gasteiger charge is -2.40. The van der Waals surface area contributed by atoms with Gasteiger partial charge in [-0.2, -0.15) is 0 Å². The lowest BCUT2D eigenvalue weighted by atomic mass is 9.96. The number of carbonyl (C=O) groups is 1. The Bertz CT molecular complexity index is 962. The number of rotatable bonds is 7. The average molecular weight is 431 g/mol. The van der Waals surface area contributed by atoms with Crippen LogP contribution in [-0.2, 0) is 4.79 Å². The molecule has 1 aliphatic heterocycles. The van der Waals surface area contributed by atoms with Crippen molar-refractivity contribution < 1.29 is 14.3 Å². The number of nitrogens with zero attached hydrogens (tertiary/aromatic N) is 2. The molecule has 0 radical (unpaired) electrons. The van der Waals surface area contributed by atoms with E-state index in [4.69, 9.17) is 9.47 Å². The molecule has 3 aromatic carbocycles. The van der Waals surface area contributed by atoms with Crippen LogP contribution in [0.15, 0.2) is 84.9 Å². The van der Waals surface area contributed by atoms with Gasteiger partial charge in [-0.15, -0.1) is 0 Å². The molecule has 0 N–H and O–H groups in total. The Morgan fingerprint density at radius 2 is 1.25 bits per heavy atom. The maximum Gasteiger partial charge on any atom is 0.263 e. The van der Waals surface area contributed by atoms with Crippen LogP contribution in [-0.4, -0.2) is 55.1 Å². The zero-order valence-corrected chi connectivity index (χ0v) is 18.7. The standard InChI is InChI=1S/C27H30N2O3/c1-21(32-25-16-10-9-15-24(25)31-2)27(30)29-19-17-28(18-20-29)26(22-11-5-3-6-12-22)23-13-7-4-8-14-23/h3-16,21,26H,17-20H2,1-2H3/t21-/m0/s1. The van der Waals surface area contributed by atoms with Crippen molar-refractivity contribution in [2.24, 2.45) is 0 Å². The summed E-state index contributed by atoms with van der Waals surface area (Å²) in [5.74, 6) is 1.22. The van der Waals surface area contributed by atoms with Gasteiger partial charge in [0.15, 0.2) is 17.6 Å². The maximum absolute atomic E-state index is 13.1. The van der Waals surface area contributed by atoms with Gasteiger partial charge in [0.25, 0.3) is 5.91 Å². The number of amides is 1. The van der Waals surface area contributed by atoms with Crippen molar-refractivity contribution in [1.82, 2.24) is 9.80 Å². The molecule has 5 nitrogen and oxygen atoms in total. The third kappa shape index (κ3) is 4.94. The van der Waals surface area contributed by atoms with Crippen LogP contribution in [0.4, 0.5) is 0 Å². The number of benzene rings is 3. The van der Waals surface area contributed by atoms with E-state index in [0.29, 0.717) is 24.6 Å². The quantitative estimate of drug-likeness (QED) is 0.557. The van der Waals surface area contributed by atoms with E-state index >= 15 is 0 Å². The van der Waals surface area contributed by atoms with Crippen LogP contribution in [0.25, 0.3) is 0 Å². The predicted octanol–water partition coefficient (Wildman–Crippen LogP) is 4.40. The highest BCUT2D eigenvalue weighted by atomic mass is 16.5. The van der Waals surface area contributed by atoms with Crippen molar-refractivity contribution >= 4 is 5.91 Å². The topological polar surface area (TPSA) is 42.0 Å². The highest BCUT2D eigenvalue weighted by Crippen LogP contribution is 2.30. The van der Waals surface area contributed by atoms with E-state index in [-0.39, 0.29) is 11.9 Å². The van der Waals surface area contributed by atoms with Gasteiger partial charge in [0, 0.05) is 26.2 Å². The number of hydrogen-bond acceptors (Lipinski definition) is 4. The molecule has 5 heteroatoms. The molecule has 0 aliphatic carbocycles. The van der Waals surface area contributed by atoms with E-state index in [0.717, 1.165) is 13.1 Å². The van der Waals surface area contributed by atoms with E-state index in [9.17, 15) is 4.79 Å². The molecule has 4 rings (SSSR count). The SMILES string of the molecule is COc1ccccc1O[C@@H](C)C(=O)N1CCN(C(c2ccccc2)c2ccccc2)CC1. The fourth-order valence-corrected chi connectivity index (χ4v) is 4.30. The lowest BCUT2D eigenvalue weighted by molar-refractivity contribution is -0.140. The van der Waals surface area contributed by atoms with E-state index in [1.807, 2.05) is 41.3 Å². The first-order valence-corrected chi connectivity index (χ1v) is 11.1. The van der Waals surface area contributed by atoms with Crippen molar-refractivity contribution in [3.8, 4) is 11.5 Å². The molecule has 1 aliphatic rings. The fraction of sp³-hybridized carbons (Fsp3) is 0.296. The highest BCUT2D eigenvalue weighted by Gasteiger charge is 2.30. The summed E-state index contributed by atoms with van der Waals surface area (Å²) in [6.45, 7) is 4.77.